The Balaban J connectivity index is 1.61. The van der Waals surface area contributed by atoms with Crippen molar-refractivity contribution in [2.75, 3.05) is 5.32 Å². The molecule has 1 aromatic carbocycles. The van der Waals surface area contributed by atoms with Crippen LogP contribution in [0, 0.1) is 0 Å². The van der Waals surface area contributed by atoms with Gasteiger partial charge in [-0.25, -0.2) is 9.78 Å². The molecule has 0 atom stereocenters. The molecule has 0 spiro atoms. The number of benzene rings is 1. The zero-order valence-corrected chi connectivity index (χ0v) is 11.1. The topological polar surface area (TPSA) is 89.4 Å². The second-order valence-corrected chi connectivity index (χ2v) is 4.91. The molecule has 0 unspecified atom stereocenters. The Bertz CT molecular complexity index is 978. The second kappa shape index (κ2) is 4.52. The predicted octanol–water partition coefficient (Wildman–Crippen LogP) is 2.34. The van der Waals surface area contributed by atoms with Crippen molar-refractivity contribution in [1.29, 1.82) is 0 Å². The SMILES string of the molecule is O=c1[nH]c2ccc(NCc3c[nH]c4ncccc34)cc2[nH]1. The van der Waals surface area contributed by atoms with Gasteiger partial charge in [0.15, 0.2) is 0 Å². The molecular weight excluding hydrogens is 266 g/mol. The van der Waals surface area contributed by atoms with E-state index in [1.165, 1.54) is 0 Å². The van der Waals surface area contributed by atoms with Crippen LogP contribution in [0.15, 0.2) is 47.5 Å². The van der Waals surface area contributed by atoms with Gasteiger partial charge in [0.2, 0.25) is 0 Å². The second-order valence-electron chi connectivity index (χ2n) is 4.91. The van der Waals surface area contributed by atoms with Crippen LogP contribution in [0.4, 0.5) is 5.69 Å². The molecule has 0 radical (unpaired) electrons. The number of anilines is 1. The standard InChI is InChI=1S/C15H13N5O/c21-15-19-12-4-3-10(6-13(12)20-15)17-7-9-8-18-14-11(9)2-1-5-16-14/h1-6,8,17H,7H2,(H,16,18)(H2,19,20,21). The lowest BCUT2D eigenvalue weighted by Crippen LogP contribution is -1.99. The zero-order valence-electron chi connectivity index (χ0n) is 11.1. The van der Waals surface area contributed by atoms with Crippen LogP contribution in [0.1, 0.15) is 5.56 Å². The van der Waals surface area contributed by atoms with Crippen LogP contribution in [0.2, 0.25) is 0 Å². The number of rotatable bonds is 3. The maximum Gasteiger partial charge on any atom is 0.323 e. The maximum absolute atomic E-state index is 11.2. The highest BCUT2D eigenvalue weighted by molar-refractivity contribution is 5.81. The third-order valence-corrected chi connectivity index (χ3v) is 3.54. The van der Waals surface area contributed by atoms with E-state index in [4.69, 9.17) is 0 Å². The van der Waals surface area contributed by atoms with Crippen LogP contribution in [-0.2, 0) is 6.54 Å². The summed E-state index contributed by atoms with van der Waals surface area (Å²) in [5.74, 6) is 0. The Labute approximate surface area is 119 Å². The summed E-state index contributed by atoms with van der Waals surface area (Å²) in [6.07, 6.45) is 3.73. The molecule has 3 aromatic heterocycles. The Hall–Kier alpha value is -3.02. The molecule has 0 aliphatic rings. The lowest BCUT2D eigenvalue weighted by atomic mass is 10.2. The quantitative estimate of drug-likeness (QED) is 0.464. The molecule has 3 heterocycles. The van der Waals surface area contributed by atoms with Crippen molar-refractivity contribution in [3.63, 3.8) is 0 Å². The van der Waals surface area contributed by atoms with Crippen LogP contribution in [-0.4, -0.2) is 19.9 Å². The Morgan fingerprint density at radius 1 is 1.14 bits per heavy atom. The molecule has 6 heteroatoms. The number of H-pyrrole nitrogens is 3. The summed E-state index contributed by atoms with van der Waals surface area (Å²) in [5.41, 5.74) is 4.41. The van der Waals surface area contributed by atoms with Crippen molar-refractivity contribution < 1.29 is 0 Å². The third kappa shape index (κ3) is 2.06. The summed E-state index contributed by atoms with van der Waals surface area (Å²) in [7, 11) is 0. The number of nitrogens with one attached hydrogen (secondary N) is 4. The van der Waals surface area contributed by atoms with Gasteiger partial charge in [-0.3, -0.25) is 0 Å². The number of fused-ring (bicyclic) bond motifs is 2. The van der Waals surface area contributed by atoms with Gasteiger partial charge in [0.1, 0.15) is 5.65 Å². The van der Waals surface area contributed by atoms with Crippen molar-refractivity contribution in [3.8, 4) is 0 Å². The molecule has 0 amide bonds. The van der Waals surface area contributed by atoms with E-state index >= 15 is 0 Å². The first-order valence-electron chi connectivity index (χ1n) is 6.66. The highest BCUT2D eigenvalue weighted by atomic mass is 16.1. The van der Waals surface area contributed by atoms with Crippen LogP contribution in [0.25, 0.3) is 22.1 Å². The van der Waals surface area contributed by atoms with E-state index in [-0.39, 0.29) is 5.69 Å². The van der Waals surface area contributed by atoms with E-state index in [1.807, 2.05) is 36.5 Å². The van der Waals surface area contributed by atoms with Crippen molar-refractivity contribution in [2.24, 2.45) is 0 Å². The summed E-state index contributed by atoms with van der Waals surface area (Å²) in [6.45, 7) is 0.686. The molecular formula is C15H13N5O. The molecule has 21 heavy (non-hydrogen) atoms. The first-order chi connectivity index (χ1) is 10.3. The van der Waals surface area contributed by atoms with Gasteiger partial charge in [-0.1, -0.05) is 0 Å². The summed E-state index contributed by atoms with van der Waals surface area (Å²) < 4.78 is 0. The molecule has 104 valence electrons. The number of aromatic amines is 3. The van der Waals surface area contributed by atoms with Crippen molar-refractivity contribution in [3.05, 3.63) is 58.8 Å². The van der Waals surface area contributed by atoms with Gasteiger partial charge in [-0.2, -0.15) is 0 Å². The first kappa shape index (κ1) is 11.8. The minimum absolute atomic E-state index is 0.190. The molecule has 0 fully saturated rings. The molecule has 0 aliphatic heterocycles. The monoisotopic (exact) mass is 279 g/mol. The average Bonchev–Trinajstić information content (AvgIpc) is 3.07. The first-order valence-corrected chi connectivity index (χ1v) is 6.66. The van der Waals surface area contributed by atoms with E-state index in [9.17, 15) is 4.79 Å². The number of pyridine rings is 1. The van der Waals surface area contributed by atoms with E-state index in [1.54, 1.807) is 6.20 Å². The summed E-state index contributed by atoms with van der Waals surface area (Å²) in [6, 6.07) is 9.71. The Kier molecular flexibility index (Phi) is 2.53. The zero-order chi connectivity index (χ0) is 14.2. The van der Waals surface area contributed by atoms with Crippen molar-refractivity contribution in [2.45, 2.75) is 6.54 Å². The van der Waals surface area contributed by atoms with Crippen LogP contribution < -0.4 is 11.0 Å². The predicted molar refractivity (Wildman–Crippen MR) is 82.3 cm³/mol. The van der Waals surface area contributed by atoms with Gasteiger partial charge < -0.3 is 20.3 Å². The van der Waals surface area contributed by atoms with Gasteiger partial charge in [-0.15, -0.1) is 0 Å². The van der Waals surface area contributed by atoms with Gasteiger partial charge in [0.25, 0.3) is 0 Å². The fourth-order valence-electron chi connectivity index (χ4n) is 2.50. The number of aromatic nitrogens is 4. The summed E-state index contributed by atoms with van der Waals surface area (Å²) in [4.78, 5) is 24.2. The molecule has 0 saturated heterocycles. The molecule has 4 rings (SSSR count). The van der Waals surface area contributed by atoms with Gasteiger partial charge >= 0.3 is 5.69 Å². The number of hydrogen-bond donors (Lipinski definition) is 4. The summed E-state index contributed by atoms with van der Waals surface area (Å²) in [5, 5.41) is 4.47. The minimum Gasteiger partial charge on any atom is -0.381 e. The number of imidazole rings is 1. The Morgan fingerprint density at radius 2 is 2.05 bits per heavy atom. The fraction of sp³-hybridized carbons (Fsp3) is 0.0667. The van der Waals surface area contributed by atoms with E-state index in [2.05, 4.69) is 25.3 Å². The van der Waals surface area contributed by atoms with E-state index in [0.29, 0.717) is 6.54 Å². The van der Waals surface area contributed by atoms with E-state index < -0.39 is 0 Å². The fourth-order valence-corrected chi connectivity index (χ4v) is 2.50. The number of hydrogen-bond acceptors (Lipinski definition) is 3. The third-order valence-electron chi connectivity index (χ3n) is 3.54. The molecule has 4 aromatic rings. The van der Waals surface area contributed by atoms with Crippen molar-refractivity contribution in [1.82, 2.24) is 19.9 Å². The Morgan fingerprint density at radius 3 is 3.00 bits per heavy atom. The molecule has 0 saturated carbocycles. The lowest BCUT2D eigenvalue weighted by molar-refractivity contribution is 1.16. The van der Waals surface area contributed by atoms with Crippen LogP contribution in [0.3, 0.4) is 0 Å². The van der Waals surface area contributed by atoms with Crippen LogP contribution >= 0.6 is 0 Å². The highest BCUT2D eigenvalue weighted by Gasteiger charge is 2.04. The van der Waals surface area contributed by atoms with E-state index in [0.717, 1.165) is 33.3 Å². The van der Waals surface area contributed by atoms with Crippen molar-refractivity contribution >= 4 is 27.8 Å². The van der Waals surface area contributed by atoms with Gasteiger partial charge in [-0.05, 0) is 35.9 Å². The average molecular weight is 279 g/mol. The largest absolute Gasteiger partial charge is 0.381 e. The maximum atomic E-state index is 11.2. The molecule has 6 nitrogen and oxygen atoms in total. The molecule has 4 N–H and O–H groups in total. The molecule has 0 aliphatic carbocycles. The van der Waals surface area contributed by atoms with Crippen LogP contribution in [0.5, 0.6) is 0 Å². The normalized spacial score (nSPS) is 11.2. The highest BCUT2D eigenvalue weighted by Crippen LogP contribution is 2.19. The smallest absolute Gasteiger partial charge is 0.323 e. The lowest BCUT2D eigenvalue weighted by Gasteiger charge is -2.05. The van der Waals surface area contributed by atoms with Gasteiger partial charge in [0.05, 0.1) is 11.0 Å². The minimum atomic E-state index is -0.190. The summed E-state index contributed by atoms with van der Waals surface area (Å²) >= 11 is 0. The molecule has 0 bridgehead atoms. The van der Waals surface area contributed by atoms with Gasteiger partial charge in [0, 0.05) is 30.0 Å². The number of nitrogens with zero attached hydrogens (tertiary/aromatic N) is 1.